The second-order valence-corrected chi connectivity index (χ2v) is 7.66. The molecule has 0 aliphatic rings. The van der Waals surface area contributed by atoms with Gasteiger partial charge in [-0.3, -0.25) is 4.21 Å². The summed E-state index contributed by atoms with van der Waals surface area (Å²) >= 11 is 9.58. The summed E-state index contributed by atoms with van der Waals surface area (Å²) in [6, 6.07) is 3.66. The molecule has 0 saturated carbocycles. The van der Waals surface area contributed by atoms with E-state index in [2.05, 4.69) is 30.9 Å². The predicted octanol–water partition coefficient (Wildman–Crippen LogP) is 3.39. The molecule has 3 aromatic rings. The third-order valence-electron chi connectivity index (χ3n) is 3.33. The van der Waals surface area contributed by atoms with Crippen LogP contribution in [0.1, 0.15) is 11.8 Å². The van der Waals surface area contributed by atoms with Crippen LogP contribution in [-0.2, 0) is 10.8 Å². The van der Waals surface area contributed by atoms with E-state index in [1.807, 2.05) is 12.1 Å². The lowest BCUT2D eigenvalue weighted by molar-refractivity contribution is 0.199. The zero-order valence-corrected chi connectivity index (χ0v) is 14.7. The van der Waals surface area contributed by atoms with Crippen LogP contribution in [0.4, 0.5) is 0 Å². The summed E-state index contributed by atoms with van der Waals surface area (Å²) in [5.41, 5.74) is 2.14. The minimum Gasteiger partial charge on any atom is -0.386 e. The lowest BCUT2D eigenvalue weighted by Crippen LogP contribution is -2.09. The van der Waals surface area contributed by atoms with E-state index in [1.165, 1.54) is 0 Å². The second kappa shape index (κ2) is 6.16. The molecule has 2 aromatic heterocycles. The fraction of sp³-hybridized carbons (Fsp3) is 0.214. The number of H-pyrrole nitrogens is 2. The quantitative estimate of drug-likeness (QED) is 0.625. The van der Waals surface area contributed by atoms with E-state index in [-0.39, 0.29) is 5.75 Å². The Balaban J connectivity index is 2.26. The van der Waals surface area contributed by atoms with Crippen molar-refractivity contribution in [2.24, 2.45) is 0 Å². The Morgan fingerprint density at radius 3 is 2.91 bits per heavy atom. The molecule has 0 radical (unpaired) electrons. The molecule has 3 rings (SSSR count). The maximum atomic E-state index is 11.4. The Bertz CT molecular complexity index is 848. The van der Waals surface area contributed by atoms with Gasteiger partial charge in [0, 0.05) is 50.4 Å². The van der Waals surface area contributed by atoms with Crippen LogP contribution in [0.2, 0.25) is 5.02 Å². The van der Waals surface area contributed by atoms with Crippen LogP contribution in [-0.4, -0.2) is 36.3 Å². The molecular formula is C14H13BrClN3O2S. The fourth-order valence-corrected chi connectivity index (χ4v) is 3.54. The van der Waals surface area contributed by atoms with Crippen molar-refractivity contribution in [3.63, 3.8) is 0 Å². The number of imidazole rings is 1. The number of rotatable bonds is 4. The zero-order valence-electron chi connectivity index (χ0n) is 11.6. The average molecular weight is 403 g/mol. The number of nitrogens with zero attached hydrogens (tertiary/aromatic N) is 1. The zero-order chi connectivity index (χ0) is 15.9. The van der Waals surface area contributed by atoms with Gasteiger partial charge in [-0.05, 0) is 28.1 Å². The van der Waals surface area contributed by atoms with Gasteiger partial charge in [-0.25, -0.2) is 4.98 Å². The van der Waals surface area contributed by atoms with Gasteiger partial charge in [0.1, 0.15) is 11.9 Å². The Morgan fingerprint density at radius 1 is 1.50 bits per heavy atom. The molecule has 1 aromatic carbocycles. The number of nitrogens with one attached hydrogen (secondary N) is 2. The van der Waals surface area contributed by atoms with Gasteiger partial charge in [0.05, 0.1) is 16.5 Å². The van der Waals surface area contributed by atoms with Crippen LogP contribution in [0.3, 0.4) is 0 Å². The number of aromatic nitrogens is 3. The van der Waals surface area contributed by atoms with Gasteiger partial charge in [0.15, 0.2) is 0 Å². The van der Waals surface area contributed by atoms with Crippen LogP contribution in [0, 0.1) is 0 Å². The van der Waals surface area contributed by atoms with Gasteiger partial charge in [0.25, 0.3) is 0 Å². The molecule has 116 valence electrons. The predicted molar refractivity (Wildman–Crippen MR) is 92.5 cm³/mol. The van der Waals surface area contributed by atoms with Crippen LogP contribution >= 0.6 is 27.5 Å². The number of aliphatic hydroxyl groups is 1. The number of aliphatic hydroxyl groups excluding tert-OH is 1. The summed E-state index contributed by atoms with van der Waals surface area (Å²) in [6.07, 6.45) is 4.04. The smallest absolute Gasteiger partial charge is 0.139 e. The van der Waals surface area contributed by atoms with E-state index in [4.69, 9.17) is 11.6 Å². The van der Waals surface area contributed by atoms with Gasteiger partial charge in [0.2, 0.25) is 0 Å². The molecule has 2 heterocycles. The highest BCUT2D eigenvalue weighted by atomic mass is 79.9. The molecule has 0 aliphatic carbocycles. The Hall–Kier alpha value is -1.15. The summed E-state index contributed by atoms with van der Waals surface area (Å²) in [5.74, 6) is 0.774. The Kier molecular flexibility index (Phi) is 4.40. The standard InChI is InChI=1S/C14H13BrClN3O2S/c1-22(21)6-11(20)13-12(14-17-2-3-18-14)7-4-9(16)8(15)5-10(7)19-13/h2-5,11,19-20H,6H2,1H3,(H,17,18). The van der Waals surface area contributed by atoms with Crippen molar-refractivity contribution in [2.75, 3.05) is 12.0 Å². The van der Waals surface area contributed by atoms with Crippen molar-refractivity contribution in [3.8, 4) is 11.4 Å². The van der Waals surface area contributed by atoms with Crippen molar-refractivity contribution in [1.82, 2.24) is 15.0 Å². The third kappa shape index (κ3) is 2.86. The first kappa shape index (κ1) is 15.7. The number of hydrogen-bond donors (Lipinski definition) is 3. The van der Waals surface area contributed by atoms with E-state index < -0.39 is 16.9 Å². The fourth-order valence-electron chi connectivity index (χ4n) is 2.42. The molecule has 2 atom stereocenters. The average Bonchev–Trinajstić information content (AvgIpc) is 3.05. The topological polar surface area (TPSA) is 81.8 Å². The third-order valence-corrected chi connectivity index (χ3v) is 5.31. The largest absolute Gasteiger partial charge is 0.386 e. The van der Waals surface area contributed by atoms with Crippen LogP contribution in [0.5, 0.6) is 0 Å². The van der Waals surface area contributed by atoms with Crippen molar-refractivity contribution in [1.29, 1.82) is 0 Å². The van der Waals surface area contributed by atoms with Crippen LogP contribution < -0.4 is 0 Å². The van der Waals surface area contributed by atoms with E-state index in [1.54, 1.807) is 18.6 Å². The molecule has 0 spiro atoms. The summed E-state index contributed by atoms with van der Waals surface area (Å²) in [6.45, 7) is 0. The Morgan fingerprint density at radius 2 is 2.27 bits per heavy atom. The minimum atomic E-state index is -1.12. The first-order valence-electron chi connectivity index (χ1n) is 6.46. The van der Waals surface area contributed by atoms with E-state index in [9.17, 15) is 9.32 Å². The maximum Gasteiger partial charge on any atom is 0.139 e. The molecule has 0 bridgehead atoms. The second-order valence-electron chi connectivity index (χ2n) is 4.92. The molecule has 2 unspecified atom stereocenters. The normalized spacial score (nSPS) is 14.4. The van der Waals surface area contributed by atoms with Crippen molar-refractivity contribution in [3.05, 3.63) is 39.7 Å². The van der Waals surface area contributed by atoms with Gasteiger partial charge >= 0.3 is 0 Å². The highest BCUT2D eigenvalue weighted by Gasteiger charge is 2.22. The SMILES string of the molecule is CS(=O)CC(O)c1[nH]c2cc(Br)c(Cl)cc2c1-c1ncc[nH]1. The summed E-state index contributed by atoms with van der Waals surface area (Å²) < 4.78 is 12.2. The number of fused-ring (bicyclic) bond motifs is 1. The van der Waals surface area contributed by atoms with E-state index in [0.29, 0.717) is 16.5 Å². The summed E-state index contributed by atoms with van der Waals surface area (Å²) in [5, 5.41) is 11.8. The molecule has 0 aliphatic heterocycles. The van der Waals surface area contributed by atoms with Crippen LogP contribution in [0.15, 0.2) is 29.0 Å². The Labute approximate surface area is 142 Å². The van der Waals surface area contributed by atoms with Crippen molar-refractivity contribution < 1.29 is 9.32 Å². The first-order chi connectivity index (χ1) is 10.5. The maximum absolute atomic E-state index is 11.4. The molecule has 22 heavy (non-hydrogen) atoms. The van der Waals surface area contributed by atoms with Crippen molar-refractivity contribution in [2.45, 2.75) is 6.10 Å². The molecule has 0 amide bonds. The van der Waals surface area contributed by atoms with E-state index >= 15 is 0 Å². The summed E-state index contributed by atoms with van der Waals surface area (Å²) in [4.78, 5) is 10.5. The lowest BCUT2D eigenvalue weighted by Gasteiger charge is -2.09. The number of aromatic amines is 2. The number of halogens is 2. The van der Waals surface area contributed by atoms with Crippen LogP contribution in [0.25, 0.3) is 22.3 Å². The van der Waals surface area contributed by atoms with Crippen molar-refractivity contribution >= 4 is 49.2 Å². The monoisotopic (exact) mass is 401 g/mol. The lowest BCUT2D eigenvalue weighted by atomic mass is 10.1. The van der Waals surface area contributed by atoms with E-state index in [0.717, 1.165) is 20.9 Å². The summed E-state index contributed by atoms with van der Waals surface area (Å²) in [7, 11) is -1.12. The molecule has 0 saturated heterocycles. The number of benzene rings is 1. The minimum absolute atomic E-state index is 0.148. The van der Waals surface area contributed by atoms with Gasteiger partial charge in [-0.1, -0.05) is 11.6 Å². The first-order valence-corrected chi connectivity index (χ1v) is 9.35. The molecule has 5 nitrogen and oxygen atoms in total. The van der Waals surface area contributed by atoms with Gasteiger partial charge in [-0.2, -0.15) is 0 Å². The number of hydrogen-bond acceptors (Lipinski definition) is 3. The van der Waals surface area contributed by atoms with Gasteiger partial charge < -0.3 is 15.1 Å². The molecular weight excluding hydrogens is 390 g/mol. The molecule has 8 heteroatoms. The highest BCUT2D eigenvalue weighted by Crippen LogP contribution is 2.37. The highest BCUT2D eigenvalue weighted by molar-refractivity contribution is 9.10. The molecule has 0 fully saturated rings. The molecule has 3 N–H and O–H groups in total. The van der Waals surface area contributed by atoms with Gasteiger partial charge in [-0.15, -0.1) is 0 Å².